The molecule has 0 radical (unpaired) electrons. The Kier molecular flexibility index (Phi) is 7.62. The van der Waals surface area contributed by atoms with Crippen molar-refractivity contribution in [2.24, 2.45) is 5.73 Å². The fourth-order valence-corrected chi connectivity index (χ4v) is 6.21. The second-order valence-electron chi connectivity index (χ2n) is 8.62. The molecule has 1 saturated heterocycles. The molecule has 3 aromatic rings. The van der Waals surface area contributed by atoms with Gasteiger partial charge in [0.05, 0.1) is 7.11 Å². The minimum absolute atomic E-state index is 0.0133. The zero-order chi connectivity index (χ0) is 26.7. The molecule has 0 aliphatic carbocycles. The zero-order valence-electron chi connectivity index (χ0n) is 20.8. The van der Waals surface area contributed by atoms with Gasteiger partial charge in [-0.25, -0.2) is 8.42 Å². The van der Waals surface area contributed by atoms with E-state index in [1.807, 2.05) is 24.3 Å². The first kappa shape index (κ1) is 26.3. The van der Waals surface area contributed by atoms with E-state index in [9.17, 15) is 18.0 Å². The molecule has 11 nitrogen and oxygen atoms in total. The van der Waals surface area contributed by atoms with Crippen molar-refractivity contribution in [3.05, 3.63) is 76.7 Å². The van der Waals surface area contributed by atoms with Gasteiger partial charge in [0.25, 0.3) is 21.8 Å². The van der Waals surface area contributed by atoms with Gasteiger partial charge in [-0.05, 0) is 43.2 Å². The average molecular weight is 528 g/mol. The molecular weight excluding hydrogens is 498 g/mol. The van der Waals surface area contributed by atoms with E-state index in [1.165, 1.54) is 25.9 Å². The van der Waals surface area contributed by atoms with Crippen molar-refractivity contribution in [3.8, 4) is 5.75 Å². The molecule has 37 heavy (non-hydrogen) atoms. The highest BCUT2D eigenvalue weighted by atomic mass is 32.2. The summed E-state index contributed by atoms with van der Waals surface area (Å²) in [6.07, 6.45) is -1.42. The molecule has 12 heteroatoms. The summed E-state index contributed by atoms with van der Waals surface area (Å²) in [5, 5.41) is 6.53. The maximum atomic E-state index is 13.7. The first-order valence-corrected chi connectivity index (χ1v) is 13.1. The Balaban J connectivity index is 1.68. The summed E-state index contributed by atoms with van der Waals surface area (Å²) in [5.74, 6) is -0.568. The van der Waals surface area contributed by atoms with Crippen LogP contribution in [0.15, 0.2) is 57.9 Å². The number of nitrogens with one attached hydrogen (secondary N) is 1. The highest BCUT2D eigenvalue weighted by molar-refractivity contribution is 7.89. The molecule has 196 valence electrons. The van der Waals surface area contributed by atoms with Gasteiger partial charge in [0.1, 0.15) is 16.3 Å². The number of ether oxygens (including phenoxy) is 1. The number of hydrogen-bond donors (Lipinski definition) is 2. The summed E-state index contributed by atoms with van der Waals surface area (Å²) in [4.78, 5) is 28.2. The average Bonchev–Trinajstić information content (AvgIpc) is 3.51. The lowest BCUT2D eigenvalue weighted by Crippen LogP contribution is -2.53. The van der Waals surface area contributed by atoms with Crippen LogP contribution >= 0.6 is 0 Å². The van der Waals surface area contributed by atoms with E-state index in [0.29, 0.717) is 12.3 Å². The minimum Gasteiger partial charge on any atom is -0.497 e. The number of nitrogens with two attached hydrogens (primary N) is 1. The van der Waals surface area contributed by atoms with Crippen LogP contribution < -0.4 is 15.8 Å². The maximum absolute atomic E-state index is 13.7. The Hall–Kier alpha value is -3.74. The van der Waals surface area contributed by atoms with Crippen molar-refractivity contribution in [1.29, 1.82) is 0 Å². The Bertz CT molecular complexity index is 1400. The van der Waals surface area contributed by atoms with E-state index in [2.05, 4.69) is 10.5 Å². The smallest absolute Gasteiger partial charge is 0.259 e. The van der Waals surface area contributed by atoms with E-state index < -0.39 is 28.0 Å². The lowest BCUT2D eigenvalue weighted by molar-refractivity contribution is -0.127. The third-order valence-corrected chi connectivity index (χ3v) is 8.27. The molecule has 2 aromatic carbocycles. The van der Waals surface area contributed by atoms with Gasteiger partial charge < -0.3 is 25.2 Å². The van der Waals surface area contributed by atoms with Gasteiger partial charge in [0, 0.05) is 31.7 Å². The van der Waals surface area contributed by atoms with E-state index >= 15 is 0 Å². The van der Waals surface area contributed by atoms with Crippen LogP contribution in [0.3, 0.4) is 0 Å². The van der Waals surface area contributed by atoms with Crippen molar-refractivity contribution in [2.45, 2.75) is 38.0 Å². The molecular formula is C25H29N5O6S. The monoisotopic (exact) mass is 527 g/mol. The van der Waals surface area contributed by atoms with Crippen molar-refractivity contribution in [1.82, 2.24) is 19.7 Å². The highest BCUT2D eigenvalue weighted by Crippen LogP contribution is 2.30. The molecule has 0 spiro atoms. The molecule has 3 N–H and O–H groups in total. The molecule has 2 heterocycles. The molecule has 4 rings (SSSR count). The number of hydrogen-bond acceptors (Lipinski definition) is 8. The lowest BCUT2D eigenvalue weighted by atomic mass is 10.1. The van der Waals surface area contributed by atoms with E-state index in [-0.39, 0.29) is 41.5 Å². The van der Waals surface area contributed by atoms with Crippen LogP contribution in [-0.2, 0) is 27.9 Å². The van der Waals surface area contributed by atoms with Gasteiger partial charge in [-0.15, -0.1) is 0 Å². The first-order valence-electron chi connectivity index (χ1n) is 11.6. The van der Waals surface area contributed by atoms with Gasteiger partial charge in [-0.2, -0.15) is 4.31 Å². The van der Waals surface area contributed by atoms with Crippen LogP contribution in [-0.4, -0.2) is 61.0 Å². The number of carbonyl (C=O) groups excluding carboxylic acids is 2. The summed E-state index contributed by atoms with van der Waals surface area (Å²) in [5.41, 5.74) is 7.84. The third kappa shape index (κ3) is 5.22. The second kappa shape index (κ2) is 10.7. The van der Waals surface area contributed by atoms with Crippen molar-refractivity contribution in [2.75, 3.05) is 20.2 Å². The number of carbonyl (C=O) groups is 2. The summed E-state index contributed by atoms with van der Waals surface area (Å²) in [7, 11) is -2.75. The number of nitrogens with zero attached hydrogens (tertiary/aromatic N) is 3. The first-order chi connectivity index (χ1) is 17.7. The summed E-state index contributed by atoms with van der Waals surface area (Å²) < 4.78 is 38.7. The van der Waals surface area contributed by atoms with E-state index in [0.717, 1.165) is 15.4 Å². The Morgan fingerprint density at radius 3 is 2.54 bits per heavy atom. The largest absolute Gasteiger partial charge is 0.497 e. The highest BCUT2D eigenvalue weighted by Gasteiger charge is 2.48. The molecule has 1 aliphatic heterocycles. The van der Waals surface area contributed by atoms with E-state index in [1.54, 1.807) is 24.3 Å². The van der Waals surface area contributed by atoms with Crippen LogP contribution in [0.4, 0.5) is 0 Å². The van der Waals surface area contributed by atoms with E-state index in [4.69, 9.17) is 15.0 Å². The Morgan fingerprint density at radius 1 is 1.14 bits per heavy atom. The van der Waals surface area contributed by atoms with Crippen LogP contribution in [0.2, 0.25) is 0 Å². The van der Waals surface area contributed by atoms with Crippen LogP contribution in [0.5, 0.6) is 5.75 Å². The fraction of sp³-hybridized carbons (Fsp3) is 0.320. The van der Waals surface area contributed by atoms with Gasteiger partial charge in [-0.1, -0.05) is 35.5 Å². The van der Waals surface area contributed by atoms with Gasteiger partial charge in [0.15, 0.2) is 11.9 Å². The molecule has 1 unspecified atom stereocenters. The number of benzene rings is 2. The molecule has 1 fully saturated rings. The zero-order valence-corrected chi connectivity index (χ0v) is 21.6. The molecule has 2 amide bonds. The standard InChI is InChI=1S/C25H29N5O6S/c1-16-22(17(2)36-28-16)37(33,34)30-11-10-29(25(32)20-8-5-9-21(13-20)35-3)24(30)23(31)27-15-19-7-4-6-18(12-19)14-26/h4-9,12-13,24H,10-11,14-15,26H2,1-3H3,(H,27,31). The quantitative estimate of drug-likeness (QED) is 0.448. The molecule has 0 bridgehead atoms. The Morgan fingerprint density at radius 2 is 1.86 bits per heavy atom. The topological polar surface area (TPSA) is 148 Å². The van der Waals surface area contributed by atoms with Gasteiger partial charge in [-0.3, -0.25) is 9.59 Å². The van der Waals surface area contributed by atoms with Gasteiger partial charge in [0.2, 0.25) is 0 Å². The maximum Gasteiger partial charge on any atom is 0.259 e. The van der Waals surface area contributed by atoms with Crippen molar-refractivity contribution < 1.29 is 27.3 Å². The minimum atomic E-state index is -4.22. The number of rotatable bonds is 8. The van der Waals surface area contributed by atoms with Crippen LogP contribution in [0.1, 0.15) is 32.9 Å². The van der Waals surface area contributed by atoms with Crippen molar-refractivity contribution >= 4 is 21.8 Å². The fourth-order valence-electron chi connectivity index (χ4n) is 4.37. The predicted molar refractivity (Wildman–Crippen MR) is 134 cm³/mol. The third-order valence-electron chi connectivity index (χ3n) is 6.17. The summed E-state index contributed by atoms with van der Waals surface area (Å²) in [6, 6.07) is 13.8. The molecule has 1 atom stereocenters. The number of sulfonamides is 1. The van der Waals surface area contributed by atoms with Crippen LogP contribution in [0.25, 0.3) is 0 Å². The number of methoxy groups -OCH3 is 1. The lowest BCUT2D eigenvalue weighted by Gasteiger charge is -2.28. The van der Waals surface area contributed by atoms with Crippen LogP contribution in [0, 0.1) is 13.8 Å². The normalized spacial score (nSPS) is 16.1. The number of amides is 2. The summed E-state index contributed by atoms with van der Waals surface area (Å²) in [6.45, 7) is 3.41. The molecule has 0 saturated carbocycles. The number of aromatic nitrogens is 1. The molecule has 1 aromatic heterocycles. The number of aryl methyl sites for hydroxylation is 2. The predicted octanol–water partition coefficient (Wildman–Crippen LogP) is 1.55. The molecule has 1 aliphatic rings. The summed E-state index contributed by atoms with van der Waals surface area (Å²) >= 11 is 0. The SMILES string of the molecule is COc1cccc(C(=O)N2CCN(S(=O)(=O)c3c(C)noc3C)C2C(=O)NCc2cccc(CN)c2)c1. The van der Waals surface area contributed by atoms with Gasteiger partial charge >= 0.3 is 0 Å². The van der Waals surface area contributed by atoms with Crippen molar-refractivity contribution in [3.63, 3.8) is 0 Å². The Labute approximate surface area is 215 Å². The second-order valence-corrected chi connectivity index (χ2v) is 10.4.